The number of likely N-dealkylation sites (tertiary alicyclic amines) is 1. The maximum absolute atomic E-state index is 14.6. The van der Waals surface area contributed by atoms with Gasteiger partial charge in [-0.3, -0.25) is 19.2 Å². The molecule has 1 fully saturated rings. The van der Waals surface area contributed by atoms with E-state index >= 15 is 0 Å². The number of amides is 3. The first-order valence-electron chi connectivity index (χ1n) is 13.6. The molecule has 1 saturated heterocycles. The Balaban J connectivity index is 0.00000177. The van der Waals surface area contributed by atoms with Gasteiger partial charge in [0.1, 0.15) is 0 Å². The maximum atomic E-state index is 14.6. The van der Waals surface area contributed by atoms with Crippen LogP contribution >= 0.6 is 11.6 Å². The fraction of sp³-hybridized carbons (Fsp3) is 0.345. The average molecular weight is 651 g/mol. The number of rotatable bonds is 11. The van der Waals surface area contributed by atoms with Crippen LogP contribution in [0.1, 0.15) is 33.8 Å². The van der Waals surface area contributed by atoms with E-state index in [4.69, 9.17) is 36.7 Å². The lowest BCUT2D eigenvalue weighted by Gasteiger charge is -2.18. The summed E-state index contributed by atoms with van der Waals surface area (Å²) in [5.41, 5.74) is 5.99. The SMILES string of the molecule is COc1ccc(-c2cnc(C(=O)Nc3ccc(C(=O)N4CCC(NC(=O)CCOCCN)C4)c(Cl)c3)n2C)c(F)c1F.O=CO. The Morgan fingerprint density at radius 1 is 1.20 bits per heavy atom. The second-order valence-electron chi connectivity index (χ2n) is 9.68. The molecule has 1 aliphatic heterocycles. The number of nitrogens with one attached hydrogen (secondary N) is 2. The van der Waals surface area contributed by atoms with E-state index in [1.165, 1.54) is 55.3 Å². The summed E-state index contributed by atoms with van der Waals surface area (Å²) >= 11 is 6.41. The first-order valence-corrected chi connectivity index (χ1v) is 14.0. The zero-order valence-corrected chi connectivity index (χ0v) is 25.3. The van der Waals surface area contributed by atoms with Crippen LogP contribution < -0.4 is 21.1 Å². The lowest BCUT2D eigenvalue weighted by molar-refractivity contribution is -0.123. The van der Waals surface area contributed by atoms with Crippen LogP contribution in [0.4, 0.5) is 14.5 Å². The van der Waals surface area contributed by atoms with Crippen molar-refractivity contribution in [3.8, 4) is 17.0 Å². The molecule has 3 amide bonds. The number of carbonyl (C=O) groups excluding carboxylic acids is 3. The molecule has 242 valence electrons. The van der Waals surface area contributed by atoms with Crippen LogP contribution in [-0.4, -0.2) is 89.8 Å². The number of imidazole rings is 1. The number of benzene rings is 2. The van der Waals surface area contributed by atoms with Gasteiger partial charge in [-0.2, -0.15) is 4.39 Å². The van der Waals surface area contributed by atoms with E-state index in [0.29, 0.717) is 38.3 Å². The molecular formula is C29H33ClF2N6O7. The number of anilines is 1. The molecule has 2 aromatic carbocycles. The summed E-state index contributed by atoms with van der Waals surface area (Å²) in [6.45, 7) is 1.59. The summed E-state index contributed by atoms with van der Waals surface area (Å²) in [4.78, 5) is 52.2. The summed E-state index contributed by atoms with van der Waals surface area (Å²) in [5.74, 6) is -3.67. The Labute approximate surface area is 262 Å². The molecule has 1 unspecified atom stereocenters. The number of hydrogen-bond donors (Lipinski definition) is 4. The predicted octanol–water partition coefficient (Wildman–Crippen LogP) is 2.68. The van der Waals surface area contributed by atoms with Gasteiger partial charge in [0.05, 0.1) is 42.8 Å². The number of halogens is 3. The zero-order valence-electron chi connectivity index (χ0n) is 24.5. The zero-order chi connectivity index (χ0) is 33.1. The normalized spacial score (nSPS) is 13.9. The predicted molar refractivity (Wildman–Crippen MR) is 160 cm³/mol. The molecule has 0 radical (unpaired) electrons. The number of ether oxygens (including phenoxy) is 2. The molecule has 2 heterocycles. The van der Waals surface area contributed by atoms with Crippen LogP contribution in [0.15, 0.2) is 36.5 Å². The van der Waals surface area contributed by atoms with Gasteiger partial charge < -0.3 is 40.4 Å². The third kappa shape index (κ3) is 8.74. The van der Waals surface area contributed by atoms with Crippen molar-refractivity contribution in [2.45, 2.75) is 18.9 Å². The molecule has 0 aliphatic carbocycles. The molecule has 16 heteroatoms. The molecule has 0 bridgehead atoms. The van der Waals surface area contributed by atoms with Gasteiger partial charge in [-0.1, -0.05) is 11.6 Å². The molecule has 4 rings (SSSR count). The molecule has 1 aliphatic rings. The van der Waals surface area contributed by atoms with Gasteiger partial charge in [0.2, 0.25) is 11.7 Å². The topological polar surface area (TPSA) is 178 Å². The fourth-order valence-corrected chi connectivity index (χ4v) is 4.86. The Morgan fingerprint density at radius 3 is 2.60 bits per heavy atom. The highest BCUT2D eigenvalue weighted by atomic mass is 35.5. The van der Waals surface area contributed by atoms with Crippen LogP contribution in [-0.2, 0) is 21.4 Å². The Hall–Kier alpha value is -4.60. The number of methoxy groups -OCH3 is 1. The monoisotopic (exact) mass is 650 g/mol. The molecular weight excluding hydrogens is 618 g/mol. The van der Waals surface area contributed by atoms with Crippen molar-refractivity contribution in [1.29, 1.82) is 0 Å². The molecule has 5 N–H and O–H groups in total. The van der Waals surface area contributed by atoms with Crippen LogP contribution in [0.3, 0.4) is 0 Å². The molecule has 0 saturated carbocycles. The van der Waals surface area contributed by atoms with Gasteiger partial charge in [-0.15, -0.1) is 0 Å². The van der Waals surface area contributed by atoms with Gasteiger partial charge in [-0.05, 0) is 36.8 Å². The summed E-state index contributed by atoms with van der Waals surface area (Å²) in [7, 11) is 2.72. The smallest absolute Gasteiger partial charge is 0.291 e. The van der Waals surface area contributed by atoms with Gasteiger partial charge in [0.25, 0.3) is 18.3 Å². The van der Waals surface area contributed by atoms with E-state index in [1.54, 1.807) is 4.90 Å². The molecule has 13 nitrogen and oxygen atoms in total. The van der Waals surface area contributed by atoms with Gasteiger partial charge in [0.15, 0.2) is 17.4 Å². The van der Waals surface area contributed by atoms with Crippen molar-refractivity contribution in [2.75, 3.05) is 45.3 Å². The lowest BCUT2D eigenvalue weighted by atomic mass is 10.1. The van der Waals surface area contributed by atoms with Gasteiger partial charge in [0, 0.05) is 50.4 Å². The molecule has 45 heavy (non-hydrogen) atoms. The molecule has 1 atom stereocenters. The van der Waals surface area contributed by atoms with E-state index in [2.05, 4.69) is 15.6 Å². The first kappa shape index (κ1) is 34.9. The lowest BCUT2D eigenvalue weighted by Crippen LogP contribution is -2.38. The average Bonchev–Trinajstić information content (AvgIpc) is 3.63. The van der Waals surface area contributed by atoms with E-state index in [-0.39, 0.29) is 70.8 Å². The Morgan fingerprint density at radius 2 is 1.93 bits per heavy atom. The quantitative estimate of drug-likeness (QED) is 0.179. The van der Waals surface area contributed by atoms with E-state index in [0.717, 1.165) is 0 Å². The summed E-state index contributed by atoms with van der Waals surface area (Å²) in [6.07, 6.45) is 2.07. The summed E-state index contributed by atoms with van der Waals surface area (Å²) < 4.78 is 40.2. The highest BCUT2D eigenvalue weighted by molar-refractivity contribution is 6.34. The van der Waals surface area contributed by atoms with E-state index < -0.39 is 17.5 Å². The van der Waals surface area contributed by atoms with Gasteiger partial charge >= 0.3 is 0 Å². The minimum Gasteiger partial charge on any atom is -0.494 e. The van der Waals surface area contributed by atoms with Crippen LogP contribution in [0.2, 0.25) is 5.02 Å². The standard InChI is InChI=1S/C28H31ClF2N6O5.CH2O2/c1-36-21(19-5-6-22(41-2)25(31)24(19)30)14-33-26(36)27(39)35-16-3-4-18(20(29)13-16)28(40)37-10-7-17(15-37)34-23(38)8-11-42-12-9-32;2-1-3/h3-6,13-14,17H,7-12,15,32H2,1-2H3,(H,34,38)(H,35,39);1H,(H,2,3). The largest absolute Gasteiger partial charge is 0.494 e. The Bertz CT molecular complexity index is 1540. The Kier molecular flexibility index (Phi) is 12.8. The number of hydrogen-bond acceptors (Lipinski definition) is 8. The van der Waals surface area contributed by atoms with E-state index in [1.807, 2.05) is 0 Å². The van der Waals surface area contributed by atoms with Crippen molar-refractivity contribution in [3.63, 3.8) is 0 Å². The molecule has 1 aromatic heterocycles. The van der Waals surface area contributed by atoms with Crippen molar-refractivity contribution in [2.24, 2.45) is 12.8 Å². The number of aromatic nitrogens is 2. The second kappa shape index (κ2) is 16.5. The van der Waals surface area contributed by atoms with Crippen LogP contribution in [0, 0.1) is 11.6 Å². The third-order valence-electron chi connectivity index (χ3n) is 6.77. The minimum absolute atomic E-state index is 0.0620. The highest BCUT2D eigenvalue weighted by Crippen LogP contribution is 2.30. The highest BCUT2D eigenvalue weighted by Gasteiger charge is 2.29. The van der Waals surface area contributed by atoms with Crippen molar-refractivity contribution in [3.05, 3.63) is 64.6 Å². The van der Waals surface area contributed by atoms with Gasteiger partial charge in [-0.25, -0.2) is 9.37 Å². The fourth-order valence-electron chi connectivity index (χ4n) is 4.59. The van der Waals surface area contributed by atoms with Crippen LogP contribution in [0.5, 0.6) is 5.75 Å². The summed E-state index contributed by atoms with van der Waals surface area (Å²) in [6, 6.07) is 6.90. The van der Waals surface area contributed by atoms with Crippen LogP contribution in [0.25, 0.3) is 11.3 Å². The molecule has 0 spiro atoms. The second-order valence-corrected chi connectivity index (χ2v) is 10.1. The van der Waals surface area contributed by atoms with Crippen molar-refractivity contribution < 1.29 is 42.5 Å². The number of carbonyl (C=O) groups is 4. The number of nitrogens with two attached hydrogens (primary N) is 1. The van der Waals surface area contributed by atoms with Crippen molar-refractivity contribution in [1.82, 2.24) is 19.8 Å². The number of nitrogens with zero attached hydrogens (tertiary/aromatic N) is 3. The van der Waals surface area contributed by atoms with E-state index in [9.17, 15) is 23.2 Å². The maximum Gasteiger partial charge on any atom is 0.291 e. The number of carboxylic acid groups (broad SMARTS) is 1. The molecule has 3 aromatic rings. The summed E-state index contributed by atoms with van der Waals surface area (Å²) in [5, 5.41) is 12.6. The minimum atomic E-state index is -1.15. The van der Waals surface area contributed by atoms with Crippen molar-refractivity contribution >= 4 is 41.5 Å². The third-order valence-corrected chi connectivity index (χ3v) is 7.08. The first-order chi connectivity index (χ1) is 21.6.